The number of hydrogen-bond acceptors (Lipinski definition) is 6. The minimum Gasteiger partial charge on any atom is -0.390 e. The van der Waals surface area contributed by atoms with Gasteiger partial charge in [0.15, 0.2) is 0 Å². The fraction of sp³-hybridized carbons (Fsp3) is 0.355. The summed E-state index contributed by atoms with van der Waals surface area (Å²) in [5, 5.41) is 25.0. The Balaban J connectivity index is 1.55. The Kier molecular flexibility index (Phi) is 9.14. The molecule has 3 aromatic rings. The monoisotopic (exact) mass is 562 g/mol. The van der Waals surface area contributed by atoms with Crippen molar-refractivity contribution in [1.29, 1.82) is 0 Å². The first-order valence-electron chi connectivity index (χ1n) is 13.5. The van der Waals surface area contributed by atoms with Gasteiger partial charge in [0.2, 0.25) is 5.91 Å². The highest BCUT2D eigenvalue weighted by atomic mass is 19.1. The molecule has 2 N–H and O–H groups in total. The van der Waals surface area contributed by atoms with Crippen molar-refractivity contribution in [2.24, 2.45) is 0 Å². The normalized spacial score (nSPS) is 18.4. The van der Waals surface area contributed by atoms with Gasteiger partial charge in [-0.05, 0) is 43.0 Å². The van der Waals surface area contributed by atoms with E-state index in [9.17, 15) is 29.2 Å². The summed E-state index contributed by atoms with van der Waals surface area (Å²) in [6.45, 7) is 2.77. The van der Waals surface area contributed by atoms with Crippen molar-refractivity contribution in [2.75, 3.05) is 27.2 Å². The van der Waals surface area contributed by atoms with E-state index >= 15 is 0 Å². The second-order valence-electron chi connectivity index (χ2n) is 10.7. The third kappa shape index (κ3) is 6.28. The van der Waals surface area contributed by atoms with Gasteiger partial charge in [-0.25, -0.2) is 4.39 Å². The molecule has 1 saturated heterocycles. The zero-order valence-corrected chi connectivity index (χ0v) is 23.4. The predicted molar refractivity (Wildman–Crippen MR) is 153 cm³/mol. The van der Waals surface area contributed by atoms with Gasteiger partial charge in [0, 0.05) is 33.2 Å². The molecule has 216 valence electrons. The summed E-state index contributed by atoms with van der Waals surface area (Å²) < 4.78 is 13.5. The maximum atomic E-state index is 14.0. The van der Waals surface area contributed by atoms with E-state index in [0.717, 1.165) is 23.3 Å². The average molecular weight is 563 g/mol. The Bertz CT molecular complexity index is 1350. The van der Waals surface area contributed by atoms with Gasteiger partial charge in [0.25, 0.3) is 11.6 Å². The lowest BCUT2D eigenvalue weighted by molar-refractivity contribution is -0.385. The molecule has 9 nitrogen and oxygen atoms in total. The molecular formula is C31H35FN4O5. The van der Waals surface area contributed by atoms with Gasteiger partial charge in [-0.1, -0.05) is 60.7 Å². The van der Waals surface area contributed by atoms with E-state index in [1.54, 1.807) is 19.0 Å². The highest BCUT2D eigenvalue weighted by Crippen LogP contribution is 2.40. The number of nitrogens with one attached hydrogen (secondary N) is 1. The number of hydrogen-bond donors (Lipinski definition) is 2. The number of likely N-dealkylation sites (tertiary alicyclic amines) is 1. The highest BCUT2D eigenvalue weighted by Gasteiger charge is 2.45. The SMILES string of the molecule is CC(CC(C(=O)N(C)C)(c1ccccc1)c1ccccc1)N1CC[C@H](NC(=O)c2ccc(F)cc2[N+](=O)[O-])[C@@H](O)C1. The Morgan fingerprint density at radius 2 is 1.68 bits per heavy atom. The van der Waals surface area contributed by atoms with Crippen LogP contribution in [-0.4, -0.2) is 77.0 Å². The molecule has 4 rings (SSSR count). The number of amides is 2. The van der Waals surface area contributed by atoms with Crippen LogP contribution in [0, 0.1) is 15.9 Å². The molecule has 2 amide bonds. The number of β-amino-alcohol motifs (C(OH)–C–C–N with tert-alkyl or cyclic N) is 1. The topological polar surface area (TPSA) is 116 Å². The second kappa shape index (κ2) is 12.6. The maximum absolute atomic E-state index is 14.0. The van der Waals surface area contributed by atoms with Crippen molar-refractivity contribution in [3.05, 3.63) is 111 Å². The molecule has 1 unspecified atom stereocenters. The fourth-order valence-corrected chi connectivity index (χ4v) is 5.75. The number of likely N-dealkylation sites (N-methyl/N-ethyl adjacent to an activating group) is 1. The Hall–Kier alpha value is -4.15. The molecule has 3 atom stereocenters. The zero-order chi connectivity index (χ0) is 29.7. The first kappa shape index (κ1) is 29.8. The second-order valence-corrected chi connectivity index (χ2v) is 10.7. The van der Waals surface area contributed by atoms with Crippen LogP contribution in [0.25, 0.3) is 0 Å². The zero-order valence-electron chi connectivity index (χ0n) is 23.4. The lowest BCUT2D eigenvalue weighted by Crippen LogP contribution is -2.57. The highest BCUT2D eigenvalue weighted by molar-refractivity contribution is 5.98. The third-order valence-electron chi connectivity index (χ3n) is 7.86. The van der Waals surface area contributed by atoms with E-state index in [2.05, 4.69) is 10.2 Å². The van der Waals surface area contributed by atoms with Gasteiger partial charge in [-0.15, -0.1) is 0 Å². The molecule has 0 aliphatic carbocycles. The molecule has 0 bridgehead atoms. The summed E-state index contributed by atoms with van der Waals surface area (Å²) in [6.07, 6.45) is -0.122. The number of aliphatic hydroxyl groups excluding tert-OH is 1. The number of benzene rings is 3. The Morgan fingerprint density at radius 1 is 1.10 bits per heavy atom. The van der Waals surface area contributed by atoms with Gasteiger partial charge in [0.1, 0.15) is 16.8 Å². The van der Waals surface area contributed by atoms with Crippen LogP contribution >= 0.6 is 0 Å². The van der Waals surface area contributed by atoms with Gasteiger partial charge < -0.3 is 15.3 Å². The number of nitrogens with zero attached hydrogens (tertiary/aromatic N) is 3. The van der Waals surface area contributed by atoms with E-state index in [0.29, 0.717) is 25.5 Å². The summed E-state index contributed by atoms with van der Waals surface area (Å²) in [7, 11) is 3.49. The number of piperidine rings is 1. The third-order valence-corrected chi connectivity index (χ3v) is 7.86. The maximum Gasteiger partial charge on any atom is 0.285 e. The number of nitro groups is 1. The van der Waals surface area contributed by atoms with Crippen LogP contribution in [-0.2, 0) is 10.2 Å². The van der Waals surface area contributed by atoms with Crippen molar-refractivity contribution < 1.29 is 24.0 Å². The molecule has 3 aromatic carbocycles. The van der Waals surface area contributed by atoms with Gasteiger partial charge >= 0.3 is 0 Å². The minimum atomic E-state index is -0.969. The van der Waals surface area contributed by atoms with E-state index in [-0.39, 0.29) is 24.1 Å². The molecular weight excluding hydrogens is 527 g/mol. The van der Waals surface area contributed by atoms with Crippen molar-refractivity contribution in [3.63, 3.8) is 0 Å². The largest absolute Gasteiger partial charge is 0.390 e. The van der Waals surface area contributed by atoms with Gasteiger partial charge in [-0.3, -0.25) is 24.6 Å². The standard InChI is InChI=1S/C31H35FN4O5/c1-21(19-31(30(39)34(2)3,22-10-6-4-7-11-22)23-12-8-5-9-13-23)35-17-16-26(28(37)20-35)33-29(38)25-15-14-24(32)18-27(25)36(40)41/h4-15,18,21,26,28,37H,16-17,19-20H2,1-3H3,(H,33,38)/t21?,26-,28-/m0/s1. The fourth-order valence-electron chi connectivity index (χ4n) is 5.75. The quantitative estimate of drug-likeness (QED) is 0.303. The minimum absolute atomic E-state index is 0.0506. The summed E-state index contributed by atoms with van der Waals surface area (Å²) in [6, 6.07) is 21.4. The van der Waals surface area contributed by atoms with E-state index in [1.807, 2.05) is 67.6 Å². The van der Waals surface area contributed by atoms with E-state index < -0.39 is 39.9 Å². The van der Waals surface area contributed by atoms with Crippen molar-refractivity contribution >= 4 is 17.5 Å². The van der Waals surface area contributed by atoms with Crippen molar-refractivity contribution in [3.8, 4) is 0 Å². The van der Waals surface area contributed by atoms with E-state index in [4.69, 9.17) is 0 Å². The van der Waals surface area contributed by atoms with Crippen molar-refractivity contribution in [1.82, 2.24) is 15.1 Å². The summed E-state index contributed by atoms with van der Waals surface area (Å²) in [5.74, 6) is -1.61. The number of halogens is 1. The van der Waals surface area contributed by atoms with Crippen LogP contribution in [0.5, 0.6) is 0 Å². The molecule has 0 saturated carbocycles. The first-order chi connectivity index (χ1) is 19.5. The smallest absolute Gasteiger partial charge is 0.285 e. The van der Waals surface area contributed by atoms with Crippen LogP contribution in [0.1, 0.15) is 41.3 Å². The summed E-state index contributed by atoms with van der Waals surface area (Å²) in [4.78, 5) is 41.1. The number of carbonyl (C=O) groups excluding carboxylic acids is 2. The number of nitro benzene ring substituents is 1. The van der Waals surface area contributed by atoms with Crippen LogP contribution < -0.4 is 5.32 Å². The Labute approximate surface area is 238 Å². The number of aliphatic hydroxyl groups is 1. The van der Waals surface area contributed by atoms with Crippen LogP contribution in [0.3, 0.4) is 0 Å². The van der Waals surface area contributed by atoms with Gasteiger partial charge in [0.05, 0.1) is 23.1 Å². The predicted octanol–water partition coefficient (Wildman–Crippen LogP) is 3.75. The molecule has 0 radical (unpaired) electrons. The molecule has 1 aliphatic rings. The average Bonchev–Trinajstić information content (AvgIpc) is 2.97. The number of rotatable bonds is 9. The molecule has 0 aromatic heterocycles. The lowest BCUT2D eigenvalue weighted by Gasteiger charge is -2.44. The molecule has 10 heteroatoms. The van der Waals surface area contributed by atoms with Crippen LogP contribution in [0.2, 0.25) is 0 Å². The summed E-state index contributed by atoms with van der Waals surface area (Å²) in [5.41, 5.74) is -0.118. The van der Waals surface area contributed by atoms with Crippen LogP contribution in [0.15, 0.2) is 78.9 Å². The molecule has 1 fully saturated rings. The lowest BCUT2D eigenvalue weighted by atomic mass is 9.69. The first-order valence-corrected chi connectivity index (χ1v) is 13.5. The summed E-state index contributed by atoms with van der Waals surface area (Å²) >= 11 is 0. The molecule has 1 heterocycles. The molecule has 1 aliphatic heterocycles. The van der Waals surface area contributed by atoms with Crippen LogP contribution in [0.4, 0.5) is 10.1 Å². The van der Waals surface area contributed by atoms with Crippen molar-refractivity contribution in [2.45, 2.75) is 43.4 Å². The van der Waals surface area contributed by atoms with Gasteiger partial charge in [-0.2, -0.15) is 0 Å². The molecule has 0 spiro atoms. The van der Waals surface area contributed by atoms with E-state index in [1.165, 1.54) is 0 Å². The molecule has 41 heavy (non-hydrogen) atoms. The Morgan fingerprint density at radius 3 is 2.20 bits per heavy atom. The number of carbonyl (C=O) groups is 2.